The van der Waals surface area contributed by atoms with Gasteiger partial charge in [-0.05, 0) is 41.5 Å². The maximum Gasteiger partial charge on any atom is 0.0799 e. The van der Waals surface area contributed by atoms with Crippen LogP contribution in [0.25, 0.3) is 0 Å². The number of aliphatic hydroxyl groups is 1. The zero-order valence-corrected chi connectivity index (χ0v) is 19.9. The number of hydrogen-bond donors (Lipinski definition) is 1. The Kier molecular flexibility index (Phi) is 9.14. The van der Waals surface area contributed by atoms with Gasteiger partial charge in [0.25, 0.3) is 0 Å². The predicted molar refractivity (Wildman–Crippen MR) is 147 cm³/mol. The SMILES string of the molecule is O[C@@H](C[C@H](Cc1ccccc1)/N=C/c1ccccc1)[C@H](Cc1ccccc1)/N=C/c1ccccc1. The van der Waals surface area contributed by atoms with E-state index >= 15 is 0 Å². The van der Waals surface area contributed by atoms with Gasteiger partial charge < -0.3 is 5.11 Å². The molecule has 0 fully saturated rings. The fourth-order valence-corrected chi connectivity index (χ4v) is 4.11. The maximum absolute atomic E-state index is 11.4. The average molecular weight is 461 g/mol. The lowest BCUT2D eigenvalue weighted by atomic mass is 9.94. The smallest absolute Gasteiger partial charge is 0.0799 e. The molecule has 35 heavy (non-hydrogen) atoms. The molecule has 0 aliphatic rings. The summed E-state index contributed by atoms with van der Waals surface area (Å²) in [5.74, 6) is 0. The second-order valence-corrected chi connectivity index (χ2v) is 8.78. The van der Waals surface area contributed by atoms with Crippen LogP contribution >= 0.6 is 0 Å². The van der Waals surface area contributed by atoms with Crippen molar-refractivity contribution >= 4 is 12.4 Å². The topological polar surface area (TPSA) is 45.0 Å². The van der Waals surface area contributed by atoms with Crippen molar-refractivity contribution in [2.75, 3.05) is 0 Å². The van der Waals surface area contributed by atoms with Crippen LogP contribution in [0.4, 0.5) is 0 Å². The Bertz CT molecular complexity index is 1180. The third-order valence-electron chi connectivity index (χ3n) is 6.01. The molecular formula is C32H32N2O. The largest absolute Gasteiger partial charge is 0.391 e. The molecule has 4 aromatic carbocycles. The van der Waals surface area contributed by atoms with E-state index < -0.39 is 6.10 Å². The summed E-state index contributed by atoms with van der Waals surface area (Å²) in [6.07, 6.45) is 5.13. The molecule has 3 atom stereocenters. The molecule has 0 aliphatic carbocycles. The highest BCUT2D eigenvalue weighted by molar-refractivity contribution is 5.80. The zero-order valence-electron chi connectivity index (χ0n) is 19.9. The standard InChI is InChI=1S/C32H32N2O/c35-32(31(22-27-15-7-2-8-16-27)34-25-29-19-11-4-12-20-29)23-30(21-26-13-5-1-6-14-26)33-24-28-17-9-3-10-18-28/h1-20,24-25,30-32,35H,21-23H2/b33-24+,34-25+/t30-,31-,32-/m0/s1. The summed E-state index contributed by atoms with van der Waals surface area (Å²) in [5.41, 5.74) is 4.46. The lowest BCUT2D eigenvalue weighted by molar-refractivity contribution is 0.128. The Morgan fingerprint density at radius 2 is 0.971 bits per heavy atom. The fourth-order valence-electron chi connectivity index (χ4n) is 4.11. The third-order valence-corrected chi connectivity index (χ3v) is 6.01. The minimum absolute atomic E-state index is 0.0576. The van der Waals surface area contributed by atoms with Crippen molar-refractivity contribution in [2.45, 2.75) is 37.5 Å². The quantitative estimate of drug-likeness (QED) is 0.266. The number of rotatable bonds is 11. The summed E-state index contributed by atoms with van der Waals surface area (Å²) in [5, 5.41) is 11.4. The van der Waals surface area contributed by atoms with Crippen LogP contribution in [0.15, 0.2) is 131 Å². The highest BCUT2D eigenvalue weighted by Gasteiger charge is 2.23. The van der Waals surface area contributed by atoms with Crippen molar-refractivity contribution in [3.63, 3.8) is 0 Å². The highest BCUT2D eigenvalue weighted by Crippen LogP contribution is 2.18. The van der Waals surface area contributed by atoms with Crippen molar-refractivity contribution in [1.29, 1.82) is 0 Å². The van der Waals surface area contributed by atoms with E-state index in [9.17, 15) is 5.11 Å². The first-order chi connectivity index (χ1) is 17.3. The monoisotopic (exact) mass is 460 g/mol. The molecule has 0 amide bonds. The zero-order chi connectivity index (χ0) is 24.1. The van der Waals surface area contributed by atoms with E-state index in [1.54, 1.807) is 0 Å². The molecule has 176 valence electrons. The number of aliphatic hydroxyl groups excluding tert-OH is 1. The van der Waals surface area contributed by atoms with Crippen LogP contribution in [0, 0.1) is 0 Å². The summed E-state index contributed by atoms with van der Waals surface area (Å²) in [6.45, 7) is 0. The lowest BCUT2D eigenvalue weighted by Gasteiger charge is -2.23. The van der Waals surface area contributed by atoms with E-state index in [0.29, 0.717) is 12.8 Å². The van der Waals surface area contributed by atoms with Crippen LogP contribution < -0.4 is 0 Å². The summed E-state index contributed by atoms with van der Waals surface area (Å²) >= 11 is 0. The van der Waals surface area contributed by atoms with E-state index in [4.69, 9.17) is 9.98 Å². The van der Waals surface area contributed by atoms with Gasteiger partial charge in [0.1, 0.15) is 0 Å². The van der Waals surface area contributed by atoms with E-state index in [-0.39, 0.29) is 12.1 Å². The molecular weight excluding hydrogens is 428 g/mol. The Morgan fingerprint density at radius 3 is 1.49 bits per heavy atom. The van der Waals surface area contributed by atoms with Crippen molar-refractivity contribution in [3.8, 4) is 0 Å². The fraction of sp³-hybridized carbons (Fsp3) is 0.188. The van der Waals surface area contributed by atoms with Gasteiger partial charge in [-0.15, -0.1) is 0 Å². The molecule has 0 saturated heterocycles. The molecule has 4 aromatic rings. The number of hydrogen-bond acceptors (Lipinski definition) is 3. The van der Waals surface area contributed by atoms with Gasteiger partial charge in [0.2, 0.25) is 0 Å². The van der Waals surface area contributed by atoms with Gasteiger partial charge in [-0.2, -0.15) is 0 Å². The molecule has 3 heteroatoms. The minimum Gasteiger partial charge on any atom is -0.391 e. The molecule has 4 rings (SSSR count). The molecule has 0 spiro atoms. The molecule has 0 aromatic heterocycles. The first kappa shape index (κ1) is 24.3. The van der Waals surface area contributed by atoms with Gasteiger partial charge in [0, 0.05) is 12.4 Å². The molecule has 0 bridgehead atoms. The molecule has 0 saturated carbocycles. The van der Waals surface area contributed by atoms with Crippen LogP contribution in [-0.2, 0) is 12.8 Å². The second-order valence-electron chi connectivity index (χ2n) is 8.78. The Balaban J connectivity index is 1.54. The third kappa shape index (κ3) is 8.16. The molecule has 0 aliphatic heterocycles. The molecule has 0 radical (unpaired) electrons. The maximum atomic E-state index is 11.4. The first-order valence-corrected chi connectivity index (χ1v) is 12.2. The first-order valence-electron chi connectivity index (χ1n) is 12.2. The van der Waals surface area contributed by atoms with E-state index in [2.05, 4.69) is 24.3 Å². The number of aliphatic imine (C=N–C) groups is 2. The van der Waals surface area contributed by atoms with E-state index in [0.717, 1.165) is 23.1 Å². The van der Waals surface area contributed by atoms with Crippen molar-refractivity contribution in [3.05, 3.63) is 144 Å². The molecule has 0 unspecified atom stereocenters. The van der Waals surface area contributed by atoms with Crippen molar-refractivity contribution in [2.24, 2.45) is 9.98 Å². The minimum atomic E-state index is -0.628. The normalized spacial score (nSPS) is 14.2. The van der Waals surface area contributed by atoms with E-state index in [1.807, 2.05) is 109 Å². The Morgan fingerprint density at radius 1 is 0.543 bits per heavy atom. The summed E-state index contributed by atoms with van der Waals surface area (Å²) in [4.78, 5) is 9.74. The summed E-state index contributed by atoms with van der Waals surface area (Å²) in [7, 11) is 0. The second kappa shape index (κ2) is 13.2. The van der Waals surface area contributed by atoms with Gasteiger partial charge in [-0.25, -0.2) is 0 Å². The van der Waals surface area contributed by atoms with Gasteiger partial charge >= 0.3 is 0 Å². The number of nitrogens with zero attached hydrogens (tertiary/aromatic N) is 2. The van der Waals surface area contributed by atoms with Crippen LogP contribution in [0.3, 0.4) is 0 Å². The molecule has 1 N–H and O–H groups in total. The van der Waals surface area contributed by atoms with E-state index in [1.165, 1.54) is 5.56 Å². The van der Waals surface area contributed by atoms with Crippen LogP contribution in [-0.4, -0.2) is 35.7 Å². The highest BCUT2D eigenvalue weighted by atomic mass is 16.3. The van der Waals surface area contributed by atoms with Gasteiger partial charge in [-0.1, -0.05) is 121 Å². The average Bonchev–Trinajstić information content (AvgIpc) is 2.92. The number of benzene rings is 4. The van der Waals surface area contributed by atoms with Gasteiger partial charge in [0.05, 0.1) is 18.2 Å². The van der Waals surface area contributed by atoms with Crippen molar-refractivity contribution < 1.29 is 5.11 Å². The Labute approximate surface area is 208 Å². The van der Waals surface area contributed by atoms with Crippen molar-refractivity contribution in [1.82, 2.24) is 0 Å². The Hall–Kier alpha value is -3.82. The van der Waals surface area contributed by atoms with Gasteiger partial charge in [-0.3, -0.25) is 9.98 Å². The summed E-state index contributed by atoms with van der Waals surface area (Å²) in [6, 6.07) is 40.4. The van der Waals surface area contributed by atoms with Crippen LogP contribution in [0.2, 0.25) is 0 Å². The van der Waals surface area contributed by atoms with Gasteiger partial charge in [0.15, 0.2) is 0 Å². The lowest BCUT2D eigenvalue weighted by Crippen LogP contribution is -2.31. The summed E-state index contributed by atoms with van der Waals surface area (Å²) < 4.78 is 0. The predicted octanol–water partition coefficient (Wildman–Crippen LogP) is 6.20. The molecule has 0 heterocycles. The molecule has 3 nitrogen and oxygen atoms in total. The van der Waals surface area contributed by atoms with Crippen LogP contribution in [0.1, 0.15) is 28.7 Å². The van der Waals surface area contributed by atoms with Crippen LogP contribution in [0.5, 0.6) is 0 Å².